The number of rotatable bonds is 6. The van der Waals surface area contributed by atoms with Gasteiger partial charge in [-0.15, -0.1) is 0 Å². The second-order valence-electron chi connectivity index (χ2n) is 6.07. The van der Waals surface area contributed by atoms with E-state index >= 15 is 0 Å². The molecule has 3 amide bonds. The molecular weight excluding hydrogens is 316 g/mol. The summed E-state index contributed by atoms with van der Waals surface area (Å²) < 4.78 is 0. The standard InChI is InChI=1S/C19H24N4O2/c1-13(2)21-19(25)23-17-11-7-6-10-16(17)22-18(24)12-15(20)14-8-4-3-5-9-14/h3-11,13,15H,12,20H2,1-2H3,(H,22,24)(H2,21,23,25). The van der Waals surface area contributed by atoms with Crippen LogP contribution < -0.4 is 21.7 Å². The van der Waals surface area contributed by atoms with E-state index in [1.165, 1.54) is 0 Å². The van der Waals surface area contributed by atoms with Crippen LogP contribution in [0.3, 0.4) is 0 Å². The van der Waals surface area contributed by atoms with Crippen molar-refractivity contribution in [2.45, 2.75) is 32.4 Å². The van der Waals surface area contributed by atoms with E-state index in [9.17, 15) is 9.59 Å². The molecule has 0 bridgehead atoms. The van der Waals surface area contributed by atoms with Crippen LogP contribution in [0.15, 0.2) is 54.6 Å². The number of amides is 3. The molecule has 0 heterocycles. The number of nitrogens with one attached hydrogen (secondary N) is 3. The maximum absolute atomic E-state index is 12.3. The Labute approximate surface area is 147 Å². The molecule has 0 saturated heterocycles. The van der Waals surface area contributed by atoms with Crippen LogP contribution in [0.1, 0.15) is 31.9 Å². The first-order valence-corrected chi connectivity index (χ1v) is 8.22. The second-order valence-corrected chi connectivity index (χ2v) is 6.07. The molecule has 0 fully saturated rings. The van der Waals surface area contributed by atoms with Gasteiger partial charge < -0.3 is 21.7 Å². The molecule has 2 aromatic rings. The third-order valence-corrected chi connectivity index (χ3v) is 3.50. The van der Waals surface area contributed by atoms with Gasteiger partial charge in [0, 0.05) is 18.5 Å². The van der Waals surface area contributed by atoms with Gasteiger partial charge in [0.2, 0.25) is 5.91 Å². The fourth-order valence-electron chi connectivity index (χ4n) is 2.34. The first kappa shape index (κ1) is 18.5. The van der Waals surface area contributed by atoms with E-state index in [-0.39, 0.29) is 30.4 Å². The van der Waals surface area contributed by atoms with Crippen LogP contribution in [0.4, 0.5) is 16.2 Å². The molecule has 2 aromatic carbocycles. The largest absolute Gasteiger partial charge is 0.336 e. The van der Waals surface area contributed by atoms with Gasteiger partial charge in [0.1, 0.15) is 0 Å². The molecule has 25 heavy (non-hydrogen) atoms. The summed E-state index contributed by atoms with van der Waals surface area (Å²) in [6.07, 6.45) is 0.149. The smallest absolute Gasteiger partial charge is 0.319 e. The monoisotopic (exact) mass is 340 g/mol. The molecule has 5 N–H and O–H groups in total. The normalized spacial score (nSPS) is 11.7. The summed E-state index contributed by atoms with van der Waals surface area (Å²) in [7, 11) is 0. The number of carbonyl (C=O) groups is 2. The van der Waals surface area contributed by atoms with Crippen molar-refractivity contribution in [2.24, 2.45) is 5.73 Å². The van der Waals surface area contributed by atoms with E-state index in [0.717, 1.165) is 5.56 Å². The van der Waals surface area contributed by atoms with Crippen molar-refractivity contribution in [1.82, 2.24) is 5.32 Å². The van der Waals surface area contributed by atoms with E-state index in [4.69, 9.17) is 5.73 Å². The molecular formula is C19H24N4O2. The number of hydrogen-bond acceptors (Lipinski definition) is 3. The van der Waals surface area contributed by atoms with Crippen LogP contribution in [-0.2, 0) is 4.79 Å². The topological polar surface area (TPSA) is 96.2 Å². The first-order valence-electron chi connectivity index (χ1n) is 8.22. The van der Waals surface area contributed by atoms with Crippen molar-refractivity contribution in [3.8, 4) is 0 Å². The Balaban J connectivity index is 2.00. The fraction of sp³-hybridized carbons (Fsp3) is 0.263. The van der Waals surface area contributed by atoms with Gasteiger partial charge in [-0.1, -0.05) is 42.5 Å². The SMILES string of the molecule is CC(C)NC(=O)Nc1ccccc1NC(=O)CC(N)c1ccccc1. The summed E-state index contributed by atoms with van der Waals surface area (Å²) in [4.78, 5) is 24.2. The molecule has 0 aromatic heterocycles. The van der Waals surface area contributed by atoms with Gasteiger partial charge in [-0.05, 0) is 31.5 Å². The van der Waals surface area contributed by atoms with Gasteiger partial charge in [0.25, 0.3) is 0 Å². The highest BCUT2D eigenvalue weighted by molar-refractivity contribution is 5.99. The minimum Gasteiger partial charge on any atom is -0.336 e. The summed E-state index contributed by atoms with van der Waals surface area (Å²) >= 11 is 0. The summed E-state index contributed by atoms with van der Waals surface area (Å²) in [6.45, 7) is 3.75. The average molecular weight is 340 g/mol. The zero-order chi connectivity index (χ0) is 18.2. The third kappa shape index (κ3) is 5.93. The van der Waals surface area contributed by atoms with Crippen LogP contribution in [0, 0.1) is 0 Å². The Morgan fingerprint density at radius 1 is 0.920 bits per heavy atom. The van der Waals surface area contributed by atoms with Crippen molar-refractivity contribution >= 4 is 23.3 Å². The number of hydrogen-bond donors (Lipinski definition) is 4. The van der Waals surface area contributed by atoms with Crippen molar-refractivity contribution in [2.75, 3.05) is 10.6 Å². The molecule has 6 heteroatoms. The van der Waals surface area contributed by atoms with Crippen molar-refractivity contribution in [3.05, 3.63) is 60.2 Å². The van der Waals surface area contributed by atoms with Crippen molar-refractivity contribution in [1.29, 1.82) is 0 Å². The zero-order valence-electron chi connectivity index (χ0n) is 14.5. The molecule has 2 rings (SSSR count). The minimum atomic E-state index is -0.384. The first-order chi connectivity index (χ1) is 12.0. The molecule has 1 unspecified atom stereocenters. The number of benzene rings is 2. The van der Waals surface area contributed by atoms with E-state index < -0.39 is 0 Å². The van der Waals surface area contributed by atoms with E-state index in [1.807, 2.05) is 44.2 Å². The Hall–Kier alpha value is -2.86. The molecule has 132 valence electrons. The number of carbonyl (C=O) groups excluding carboxylic acids is 2. The second kappa shape index (κ2) is 8.84. The van der Waals surface area contributed by atoms with Crippen LogP contribution in [0.5, 0.6) is 0 Å². The lowest BCUT2D eigenvalue weighted by atomic mass is 10.0. The Morgan fingerprint density at radius 3 is 2.08 bits per heavy atom. The highest BCUT2D eigenvalue weighted by Gasteiger charge is 2.14. The molecule has 0 aliphatic carbocycles. The quantitative estimate of drug-likeness (QED) is 0.650. The predicted octanol–water partition coefficient (Wildman–Crippen LogP) is 3.25. The zero-order valence-corrected chi connectivity index (χ0v) is 14.5. The maximum Gasteiger partial charge on any atom is 0.319 e. The van der Waals surface area contributed by atoms with Crippen LogP contribution in [0.25, 0.3) is 0 Å². The molecule has 0 radical (unpaired) electrons. The summed E-state index contributed by atoms with van der Waals surface area (Å²) in [6, 6.07) is 15.8. The number of urea groups is 1. The van der Waals surface area contributed by atoms with Crippen LogP contribution >= 0.6 is 0 Å². The van der Waals surface area contributed by atoms with Crippen LogP contribution in [0.2, 0.25) is 0 Å². The lowest BCUT2D eigenvalue weighted by Crippen LogP contribution is -2.34. The number of nitrogens with two attached hydrogens (primary N) is 1. The molecule has 6 nitrogen and oxygen atoms in total. The molecule has 0 saturated carbocycles. The predicted molar refractivity (Wildman–Crippen MR) is 100 cm³/mol. The van der Waals surface area contributed by atoms with Gasteiger partial charge in [0.15, 0.2) is 0 Å². The van der Waals surface area contributed by atoms with Gasteiger partial charge in [-0.25, -0.2) is 4.79 Å². The summed E-state index contributed by atoms with van der Waals surface area (Å²) in [5.74, 6) is -0.213. The minimum absolute atomic E-state index is 0.0191. The van der Waals surface area contributed by atoms with Crippen LogP contribution in [-0.4, -0.2) is 18.0 Å². The lowest BCUT2D eigenvalue weighted by molar-refractivity contribution is -0.116. The van der Waals surface area contributed by atoms with E-state index in [0.29, 0.717) is 11.4 Å². The molecule has 1 atom stereocenters. The summed E-state index contributed by atoms with van der Waals surface area (Å²) in [5.41, 5.74) is 8.05. The highest BCUT2D eigenvalue weighted by atomic mass is 16.2. The van der Waals surface area contributed by atoms with Gasteiger partial charge in [-0.2, -0.15) is 0 Å². The lowest BCUT2D eigenvalue weighted by Gasteiger charge is -2.16. The van der Waals surface area contributed by atoms with E-state index in [2.05, 4.69) is 16.0 Å². The third-order valence-electron chi connectivity index (χ3n) is 3.50. The van der Waals surface area contributed by atoms with Gasteiger partial charge >= 0.3 is 6.03 Å². The maximum atomic E-state index is 12.3. The van der Waals surface area contributed by atoms with Gasteiger partial charge in [0.05, 0.1) is 11.4 Å². The number of anilines is 2. The molecule has 0 aliphatic rings. The van der Waals surface area contributed by atoms with Gasteiger partial charge in [-0.3, -0.25) is 4.79 Å². The Bertz CT molecular complexity index is 716. The highest BCUT2D eigenvalue weighted by Crippen LogP contribution is 2.22. The van der Waals surface area contributed by atoms with E-state index in [1.54, 1.807) is 24.3 Å². The van der Waals surface area contributed by atoms with Crippen molar-refractivity contribution in [3.63, 3.8) is 0 Å². The Kier molecular flexibility index (Phi) is 6.54. The average Bonchev–Trinajstić information content (AvgIpc) is 2.56. The molecule has 0 spiro atoms. The van der Waals surface area contributed by atoms with Crippen molar-refractivity contribution < 1.29 is 9.59 Å². The fourth-order valence-corrected chi connectivity index (χ4v) is 2.34. The molecule has 0 aliphatic heterocycles. The Morgan fingerprint density at radius 2 is 1.48 bits per heavy atom. The number of para-hydroxylation sites is 2. The summed E-state index contributed by atoms with van der Waals surface area (Å²) in [5, 5.41) is 8.29.